The second kappa shape index (κ2) is 16.0. The van der Waals surface area contributed by atoms with Crippen LogP contribution in [0.15, 0.2) is 66.7 Å². The molecule has 16 heteroatoms. The highest BCUT2D eigenvalue weighted by Gasteiger charge is 2.62. The number of rotatable bonds is 9. The summed E-state index contributed by atoms with van der Waals surface area (Å²) in [6.45, 7) is 4.93. The van der Waals surface area contributed by atoms with Crippen molar-refractivity contribution in [1.82, 2.24) is 25.2 Å². The summed E-state index contributed by atoms with van der Waals surface area (Å²) < 4.78 is 45.7. The van der Waals surface area contributed by atoms with Crippen LogP contribution in [0.3, 0.4) is 0 Å². The maximum atomic E-state index is 14.6. The number of nitrogens with one attached hydrogen (secondary N) is 3. The molecule has 1 aromatic heterocycles. The molecule has 3 heterocycles. The normalized spacial score (nSPS) is 25.3. The number of carbonyl (C=O) groups is 5. The van der Waals surface area contributed by atoms with Gasteiger partial charge < -0.3 is 29.7 Å². The number of sulfonamides is 1. The highest BCUT2D eigenvalue weighted by molar-refractivity contribution is 7.91. The van der Waals surface area contributed by atoms with E-state index in [9.17, 15) is 32.4 Å². The largest absolute Gasteiger partial charge is 0.497 e. The van der Waals surface area contributed by atoms with Crippen LogP contribution in [0.25, 0.3) is 22.2 Å². The Kier molecular flexibility index (Phi) is 11.2. The van der Waals surface area contributed by atoms with E-state index in [1.54, 1.807) is 58.2 Å². The molecule has 2 saturated carbocycles. The van der Waals surface area contributed by atoms with Gasteiger partial charge >= 0.3 is 5.97 Å². The third-order valence-corrected chi connectivity index (χ3v) is 12.5. The summed E-state index contributed by atoms with van der Waals surface area (Å²) in [7, 11) is -2.39. The van der Waals surface area contributed by atoms with Crippen molar-refractivity contribution in [3.63, 3.8) is 0 Å². The van der Waals surface area contributed by atoms with Crippen molar-refractivity contribution >= 4 is 50.5 Å². The van der Waals surface area contributed by atoms with E-state index in [1.807, 2.05) is 36.4 Å². The second-order valence-electron chi connectivity index (χ2n) is 16.4. The number of pyridine rings is 1. The third kappa shape index (κ3) is 9.11. The molecule has 5 atom stereocenters. The minimum atomic E-state index is -3.95. The van der Waals surface area contributed by atoms with Crippen LogP contribution in [0.5, 0.6) is 11.5 Å². The Hall–Kier alpha value is -5.51. The Morgan fingerprint density at radius 1 is 1.05 bits per heavy atom. The van der Waals surface area contributed by atoms with E-state index in [-0.39, 0.29) is 25.8 Å². The molecule has 0 spiro atoms. The van der Waals surface area contributed by atoms with Crippen molar-refractivity contribution in [2.75, 3.05) is 13.7 Å². The number of carbonyl (C=O) groups excluding carboxylic acids is 5. The smallest absolute Gasteiger partial charge is 0.308 e. The summed E-state index contributed by atoms with van der Waals surface area (Å²) in [5.74, 6) is -2.97. The predicted octanol–water partition coefficient (Wildman–Crippen LogP) is 3.70. The van der Waals surface area contributed by atoms with Gasteiger partial charge in [-0.3, -0.25) is 28.7 Å². The number of hydrogen-bond donors (Lipinski definition) is 3. The van der Waals surface area contributed by atoms with Gasteiger partial charge in [-0.1, -0.05) is 42.5 Å². The lowest BCUT2D eigenvalue weighted by atomic mass is 10.1. The van der Waals surface area contributed by atoms with Crippen LogP contribution < -0.4 is 24.8 Å². The number of amides is 4. The fraction of sp³-hybridized carbons (Fsp3) is 0.476. The van der Waals surface area contributed by atoms with Gasteiger partial charge in [0, 0.05) is 41.8 Å². The highest BCUT2D eigenvalue weighted by Crippen LogP contribution is 2.46. The summed E-state index contributed by atoms with van der Waals surface area (Å²) in [4.78, 5) is 75.5. The van der Waals surface area contributed by atoms with Gasteiger partial charge in [-0.2, -0.15) is 0 Å². The zero-order valence-corrected chi connectivity index (χ0v) is 33.8. The van der Waals surface area contributed by atoms with E-state index < -0.39 is 86.5 Å². The van der Waals surface area contributed by atoms with Crippen LogP contribution >= 0.6 is 0 Å². The Bertz CT molecular complexity index is 2250. The lowest BCUT2D eigenvalue weighted by Crippen LogP contribution is -2.58. The number of fused-ring (bicyclic) bond motifs is 3. The second-order valence-corrected chi connectivity index (χ2v) is 18.4. The van der Waals surface area contributed by atoms with Crippen LogP contribution in [0.2, 0.25) is 0 Å². The van der Waals surface area contributed by atoms with E-state index in [0.717, 1.165) is 5.56 Å². The molecule has 4 amide bonds. The molecule has 7 rings (SSSR count). The van der Waals surface area contributed by atoms with Crippen molar-refractivity contribution in [3.8, 4) is 22.8 Å². The Morgan fingerprint density at radius 3 is 2.52 bits per heavy atom. The molecule has 3 aromatic rings. The molecule has 0 bridgehead atoms. The molecular weight excluding hydrogens is 767 g/mol. The standard InChI is InChI=1S/C42H49N5O10S/c1-41(2,3)57-37(49)22-33-39(51)47-24-28(56-35-21-31(25-11-7-5-8-12-25)43-32-19-27(55-4)15-18-30(32)35)20-34(47)38(50)45-42(40(52)46-58(53,54)29-16-17-29)23-26(42)13-9-6-10-14-36(48)44-33/h5,7-9,11-13,15,18-19,21,26,28-29,33-34H,6,10,14,16-17,20,22-24H2,1-4H3,(H,44,48)(H,45,50)(H,46,52)/t26-,28-,33+,34+,42-/m1/s1. The third-order valence-electron chi connectivity index (χ3n) is 10.7. The van der Waals surface area contributed by atoms with Gasteiger partial charge in [0.2, 0.25) is 27.7 Å². The first-order valence-corrected chi connectivity index (χ1v) is 21.2. The lowest BCUT2D eigenvalue weighted by Gasteiger charge is -2.30. The van der Waals surface area contributed by atoms with Crippen LogP contribution in [-0.4, -0.2) is 96.1 Å². The Labute approximate surface area is 337 Å². The van der Waals surface area contributed by atoms with E-state index in [0.29, 0.717) is 53.8 Å². The van der Waals surface area contributed by atoms with Gasteiger partial charge in [0.05, 0.1) is 36.5 Å². The summed E-state index contributed by atoms with van der Waals surface area (Å²) in [5, 5.41) is 5.54. The van der Waals surface area contributed by atoms with Crippen molar-refractivity contribution < 1.29 is 46.6 Å². The molecule has 58 heavy (non-hydrogen) atoms. The highest BCUT2D eigenvalue weighted by atomic mass is 32.2. The first-order valence-electron chi connectivity index (χ1n) is 19.6. The number of nitrogens with zero attached hydrogens (tertiary/aromatic N) is 2. The number of methoxy groups -OCH3 is 1. The molecule has 2 aliphatic heterocycles. The summed E-state index contributed by atoms with van der Waals surface area (Å²) in [6.07, 6.45) is 4.11. The molecule has 0 radical (unpaired) electrons. The summed E-state index contributed by atoms with van der Waals surface area (Å²) >= 11 is 0. The Balaban J connectivity index is 1.24. The molecule has 4 aliphatic rings. The first-order chi connectivity index (χ1) is 27.5. The minimum absolute atomic E-state index is 0.0361. The fourth-order valence-electron chi connectivity index (χ4n) is 7.54. The van der Waals surface area contributed by atoms with Gasteiger partial charge in [0.1, 0.15) is 40.8 Å². The monoisotopic (exact) mass is 815 g/mol. The van der Waals surface area contributed by atoms with Gasteiger partial charge in [-0.05, 0) is 65.0 Å². The van der Waals surface area contributed by atoms with Crippen LogP contribution in [0.1, 0.15) is 72.1 Å². The van der Waals surface area contributed by atoms with Gasteiger partial charge in [-0.25, -0.2) is 13.4 Å². The minimum Gasteiger partial charge on any atom is -0.497 e. The summed E-state index contributed by atoms with van der Waals surface area (Å²) in [6, 6.07) is 14.0. The summed E-state index contributed by atoms with van der Waals surface area (Å²) in [5.41, 5.74) is -0.436. The SMILES string of the molecule is COc1ccc2c(O[C@@H]3C[C@H]4C(=O)N[C@]5(C(=O)NS(=O)(=O)C6CC6)C[C@H]5C=CCCCC(=O)N[C@@H](CC(=O)OC(C)(C)C)C(=O)N4C3)cc(-c3ccccc3)nc2c1. The van der Waals surface area contributed by atoms with Crippen molar-refractivity contribution in [1.29, 1.82) is 0 Å². The van der Waals surface area contributed by atoms with Crippen molar-refractivity contribution in [2.45, 2.75) is 107 Å². The maximum Gasteiger partial charge on any atom is 0.308 e. The molecule has 1 saturated heterocycles. The molecule has 2 aliphatic carbocycles. The molecule has 2 aromatic carbocycles. The quantitative estimate of drug-likeness (QED) is 0.210. The topological polar surface area (TPSA) is 199 Å². The molecule has 308 valence electrons. The van der Waals surface area contributed by atoms with Gasteiger partial charge in [0.25, 0.3) is 5.91 Å². The molecule has 3 fully saturated rings. The van der Waals surface area contributed by atoms with Gasteiger partial charge in [0.15, 0.2) is 0 Å². The zero-order valence-electron chi connectivity index (χ0n) is 33.0. The zero-order chi connectivity index (χ0) is 41.4. The van der Waals surface area contributed by atoms with E-state index >= 15 is 0 Å². The lowest BCUT2D eigenvalue weighted by molar-refractivity contribution is -0.157. The molecule has 3 N–H and O–H groups in total. The number of esters is 1. The number of aromatic nitrogens is 1. The predicted molar refractivity (Wildman–Crippen MR) is 213 cm³/mol. The average Bonchev–Trinajstić information content (AvgIpc) is 4.10. The average molecular weight is 816 g/mol. The number of hydrogen-bond acceptors (Lipinski definition) is 11. The van der Waals surface area contributed by atoms with Crippen molar-refractivity contribution in [3.05, 3.63) is 66.7 Å². The van der Waals surface area contributed by atoms with E-state index in [4.69, 9.17) is 19.2 Å². The number of allylic oxidation sites excluding steroid dienone is 1. The van der Waals surface area contributed by atoms with Crippen LogP contribution in [-0.2, 0) is 38.7 Å². The number of benzene rings is 2. The maximum absolute atomic E-state index is 14.6. The van der Waals surface area contributed by atoms with Crippen LogP contribution in [0, 0.1) is 5.92 Å². The van der Waals surface area contributed by atoms with Crippen LogP contribution in [0.4, 0.5) is 0 Å². The Morgan fingerprint density at radius 2 is 1.81 bits per heavy atom. The number of ether oxygens (including phenoxy) is 3. The van der Waals surface area contributed by atoms with E-state index in [2.05, 4.69) is 15.4 Å². The van der Waals surface area contributed by atoms with E-state index in [1.165, 1.54) is 4.90 Å². The molecule has 0 unspecified atom stereocenters. The molecular formula is C42H49N5O10S. The van der Waals surface area contributed by atoms with Gasteiger partial charge in [-0.15, -0.1) is 0 Å². The first kappa shape index (κ1) is 40.7. The fourth-order valence-corrected chi connectivity index (χ4v) is 8.90. The molecule has 15 nitrogen and oxygen atoms in total. The van der Waals surface area contributed by atoms with Crippen molar-refractivity contribution in [2.24, 2.45) is 5.92 Å².